The topological polar surface area (TPSA) is 49.4 Å². The van der Waals surface area contributed by atoms with Crippen LogP contribution in [-0.4, -0.2) is 42.8 Å². The number of nitrogens with one attached hydrogen (secondary N) is 1. The second-order valence-electron chi connectivity index (χ2n) is 6.57. The lowest BCUT2D eigenvalue weighted by Crippen LogP contribution is -2.33. The van der Waals surface area contributed by atoms with Crippen molar-refractivity contribution in [2.24, 2.45) is 11.8 Å². The first-order valence-corrected chi connectivity index (χ1v) is 8.22. The van der Waals surface area contributed by atoms with Gasteiger partial charge in [-0.2, -0.15) is 0 Å². The Labute approximate surface area is 144 Å². The van der Waals surface area contributed by atoms with Gasteiger partial charge in [-0.25, -0.2) is 0 Å². The zero-order valence-electron chi connectivity index (χ0n) is 13.6. The van der Waals surface area contributed by atoms with Crippen molar-refractivity contribution in [3.8, 4) is 0 Å². The molecule has 1 N–H and O–H groups in total. The van der Waals surface area contributed by atoms with Crippen LogP contribution in [0.25, 0.3) is 0 Å². The van der Waals surface area contributed by atoms with Crippen molar-refractivity contribution in [2.45, 2.75) is 26.2 Å². The van der Waals surface area contributed by atoms with Crippen LogP contribution in [-0.2, 0) is 11.2 Å². The minimum Gasteiger partial charge on any atom is -0.342 e. The van der Waals surface area contributed by atoms with Gasteiger partial charge in [0.25, 0.3) is 0 Å². The molecule has 0 bridgehead atoms. The largest absolute Gasteiger partial charge is 0.342 e. The molecule has 0 radical (unpaired) electrons. The fourth-order valence-electron chi connectivity index (χ4n) is 3.61. The number of hydrogen-bond acceptors (Lipinski definition) is 3. The third kappa shape index (κ3) is 4.33. The van der Waals surface area contributed by atoms with Crippen molar-refractivity contribution in [3.05, 3.63) is 35.4 Å². The third-order valence-electron chi connectivity index (χ3n) is 5.09. The molecule has 0 spiro atoms. The van der Waals surface area contributed by atoms with Gasteiger partial charge in [-0.05, 0) is 50.3 Å². The molecule has 126 valence electrons. The summed E-state index contributed by atoms with van der Waals surface area (Å²) in [5, 5.41) is 3.46. The molecule has 1 amide bonds. The van der Waals surface area contributed by atoms with Gasteiger partial charge in [-0.1, -0.05) is 24.3 Å². The molecule has 4 nitrogen and oxygen atoms in total. The van der Waals surface area contributed by atoms with Gasteiger partial charge >= 0.3 is 0 Å². The number of nitrogens with zero attached hydrogens (tertiary/aromatic N) is 1. The van der Waals surface area contributed by atoms with Gasteiger partial charge in [0.15, 0.2) is 5.78 Å². The third-order valence-corrected chi connectivity index (χ3v) is 5.09. The van der Waals surface area contributed by atoms with Gasteiger partial charge in [0.1, 0.15) is 0 Å². The summed E-state index contributed by atoms with van der Waals surface area (Å²) < 4.78 is 0. The van der Waals surface area contributed by atoms with Gasteiger partial charge in [0, 0.05) is 18.7 Å². The summed E-state index contributed by atoms with van der Waals surface area (Å²) in [5.41, 5.74) is 1.69. The van der Waals surface area contributed by atoms with E-state index in [2.05, 4.69) is 5.32 Å². The number of fused-ring (bicyclic) bond motifs is 1. The minimum absolute atomic E-state index is 0. The Kier molecular flexibility index (Phi) is 6.19. The van der Waals surface area contributed by atoms with Crippen LogP contribution >= 0.6 is 12.4 Å². The van der Waals surface area contributed by atoms with Crippen molar-refractivity contribution in [1.29, 1.82) is 0 Å². The zero-order valence-corrected chi connectivity index (χ0v) is 14.4. The summed E-state index contributed by atoms with van der Waals surface area (Å²) in [5.74, 6) is 1.76. The fraction of sp³-hybridized carbons (Fsp3) is 0.556. The van der Waals surface area contributed by atoms with Crippen LogP contribution in [0.2, 0.25) is 0 Å². The quantitative estimate of drug-likeness (QED) is 0.862. The summed E-state index contributed by atoms with van der Waals surface area (Å²) in [4.78, 5) is 25.8. The molecule has 1 aromatic rings. The molecule has 0 unspecified atom stereocenters. The van der Waals surface area contributed by atoms with Crippen LogP contribution in [0.3, 0.4) is 0 Å². The summed E-state index contributed by atoms with van der Waals surface area (Å²) >= 11 is 0. The minimum atomic E-state index is 0. The van der Waals surface area contributed by atoms with Crippen LogP contribution in [0, 0.1) is 11.8 Å². The second kappa shape index (κ2) is 7.93. The SMILES string of the molecule is CC(=O)c1ccc(CC(=O)N2CC[C@@H]3CNC[C@@H]3CC2)cc1.Cl. The highest BCUT2D eigenvalue weighted by molar-refractivity contribution is 5.94. The lowest BCUT2D eigenvalue weighted by molar-refractivity contribution is -0.130. The van der Waals surface area contributed by atoms with Crippen LogP contribution in [0.4, 0.5) is 0 Å². The summed E-state index contributed by atoms with van der Waals surface area (Å²) in [6, 6.07) is 7.41. The van der Waals surface area contributed by atoms with E-state index >= 15 is 0 Å². The maximum absolute atomic E-state index is 12.5. The first-order valence-electron chi connectivity index (χ1n) is 8.22. The van der Waals surface area contributed by atoms with E-state index in [0.29, 0.717) is 12.0 Å². The Balaban J connectivity index is 0.00000192. The van der Waals surface area contributed by atoms with Gasteiger partial charge in [0.2, 0.25) is 5.91 Å². The summed E-state index contributed by atoms with van der Waals surface area (Å²) in [6.45, 7) is 5.54. The lowest BCUT2D eigenvalue weighted by atomic mass is 9.92. The second-order valence-corrected chi connectivity index (χ2v) is 6.57. The molecule has 0 aromatic heterocycles. The highest BCUT2D eigenvalue weighted by atomic mass is 35.5. The van der Waals surface area contributed by atoms with E-state index < -0.39 is 0 Å². The Bertz CT molecular complexity index is 545. The van der Waals surface area contributed by atoms with Gasteiger partial charge in [0.05, 0.1) is 6.42 Å². The van der Waals surface area contributed by atoms with Crippen molar-refractivity contribution >= 4 is 24.1 Å². The Morgan fingerprint density at radius 2 is 1.65 bits per heavy atom. The molecule has 3 rings (SSSR count). The first-order chi connectivity index (χ1) is 10.6. The molecule has 2 fully saturated rings. The van der Waals surface area contributed by atoms with E-state index in [4.69, 9.17) is 0 Å². The molecule has 2 aliphatic rings. The standard InChI is InChI=1S/C18H24N2O2.ClH/c1-13(21)15-4-2-14(3-5-15)10-18(22)20-8-6-16-11-19-12-17(16)7-9-20;/h2-5,16-17,19H,6-12H2,1H3;1H/t16-,17+;. The van der Waals surface area contributed by atoms with Crippen molar-refractivity contribution in [2.75, 3.05) is 26.2 Å². The van der Waals surface area contributed by atoms with E-state index in [9.17, 15) is 9.59 Å². The van der Waals surface area contributed by atoms with Gasteiger partial charge < -0.3 is 10.2 Å². The maximum Gasteiger partial charge on any atom is 0.226 e. The predicted molar refractivity (Wildman–Crippen MR) is 93.1 cm³/mol. The van der Waals surface area contributed by atoms with E-state index in [1.165, 1.54) is 0 Å². The first kappa shape index (κ1) is 18.0. The number of hydrogen-bond donors (Lipinski definition) is 1. The van der Waals surface area contributed by atoms with E-state index in [0.717, 1.165) is 56.4 Å². The number of likely N-dealkylation sites (tertiary alicyclic amines) is 1. The molecule has 23 heavy (non-hydrogen) atoms. The number of ketones is 1. The molecule has 5 heteroatoms. The number of Topliss-reactive ketones (excluding diaryl/α,β-unsaturated/α-hetero) is 1. The van der Waals surface area contributed by atoms with E-state index in [1.54, 1.807) is 6.92 Å². The molecule has 2 saturated heterocycles. The van der Waals surface area contributed by atoms with Crippen LogP contribution in [0.5, 0.6) is 0 Å². The van der Waals surface area contributed by atoms with Crippen LogP contribution in [0.15, 0.2) is 24.3 Å². The summed E-state index contributed by atoms with van der Waals surface area (Å²) in [6.07, 6.45) is 2.67. The Morgan fingerprint density at radius 3 is 2.17 bits per heavy atom. The molecule has 2 atom stereocenters. The lowest BCUT2D eigenvalue weighted by Gasteiger charge is -2.21. The molecular formula is C18H25ClN2O2. The average molecular weight is 337 g/mol. The van der Waals surface area contributed by atoms with E-state index in [-0.39, 0.29) is 24.1 Å². The average Bonchev–Trinajstić information content (AvgIpc) is 2.86. The Hall–Kier alpha value is -1.39. The maximum atomic E-state index is 12.5. The molecule has 0 saturated carbocycles. The van der Waals surface area contributed by atoms with Crippen molar-refractivity contribution < 1.29 is 9.59 Å². The normalized spacial score (nSPS) is 23.6. The van der Waals surface area contributed by atoms with Gasteiger partial charge in [-0.15, -0.1) is 12.4 Å². The van der Waals surface area contributed by atoms with Crippen molar-refractivity contribution in [1.82, 2.24) is 10.2 Å². The number of carbonyl (C=O) groups is 2. The monoisotopic (exact) mass is 336 g/mol. The number of rotatable bonds is 3. The molecule has 1 aromatic carbocycles. The van der Waals surface area contributed by atoms with Crippen molar-refractivity contribution in [3.63, 3.8) is 0 Å². The highest BCUT2D eigenvalue weighted by Gasteiger charge is 2.31. The highest BCUT2D eigenvalue weighted by Crippen LogP contribution is 2.27. The number of benzene rings is 1. The molecule has 2 aliphatic heterocycles. The Morgan fingerprint density at radius 1 is 1.09 bits per heavy atom. The fourth-order valence-corrected chi connectivity index (χ4v) is 3.61. The van der Waals surface area contributed by atoms with Crippen LogP contribution in [0.1, 0.15) is 35.7 Å². The number of halogens is 1. The number of amides is 1. The van der Waals surface area contributed by atoms with Gasteiger partial charge in [-0.3, -0.25) is 9.59 Å². The smallest absolute Gasteiger partial charge is 0.226 e. The zero-order chi connectivity index (χ0) is 15.5. The predicted octanol–water partition coefficient (Wildman–Crippen LogP) is 2.31. The number of carbonyl (C=O) groups excluding carboxylic acids is 2. The molecule has 0 aliphatic carbocycles. The van der Waals surface area contributed by atoms with Crippen LogP contribution < -0.4 is 5.32 Å². The molecule has 2 heterocycles. The summed E-state index contributed by atoms with van der Waals surface area (Å²) in [7, 11) is 0. The van der Waals surface area contributed by atoms with E-state index in [1.807, 2.05) is 29.2 Å². The molecular weight excluding hydrogens is 312 g/mol.